The lowest BCUT2D eigenvalue weighted by Crippen LogP contribution is -2.34. The maximum atomic E-state index is 12.2. The molecule has 4 rings (SSSR count). The van der Waals surface area contributed by atoms with E-state index < -0.39 is 11.0 Å². The van der Waals surface area contributed by atoms with Gasteiger partial charge in [-0.15, -0.1) is 0 Å². The molecule has 0 atom stereocenters. The van der Waals surface area contributed by atoms with Crippen molar-refractivity contribution in [1.29, 1.82) is 0 Å². The van der Waals surface area contributed by atoms with Crippen molar-refractivity contribution in [2.75, 3.05) is 21.4 Å². The number of para-hydroxylation sites is 2. The van der Waals surface area contributed by atoms with Gasteiger partial charge in [0.2, 0.25) is 17.8 Å². The van der Waals surface area contributed by atoms with Gasteiger partial charge < -0.3 is 16.0 Å². The summed E-state index contributed by atoms with van der Waals surface area (Å²) in [5.74, 6) is 0.574. The van der Waals surface area contributed by atoms with Crippen LogP contribution < -0.4 is 26.8 Å². The minimum atomic E-state index is -0.621. The average Bonchev–Trinajstić information content (AvgIpc) is 2.84. The number of aromatic nitrogens is 3. The highest BCUT2D eigenvalue weighted by atomic mass is 16.6. The van der Waals surface area contributed by atoms with Crippen molar-refractivity contribution in [3.63, 3.8) is 0 Å². The van der Waals surface area contributed by atoms with Crippen molar-refractivity contribution in [1.82, 2.24) is 20.4 Å². The molecule has 34 heavy (non-hydrogen) atoms. The fourth-order valence-electron chi connectivity index (χ4n) is 2.79. The predicted octanol–water partition coefficient (Wildman–Crippen LogP) is 4.42. The lowest BCUT2D eigenvalue weighted by molar-refractivity contribution is -0.384. The normalized spacial score (nSPS) is 10.1. The van der Waals surface area contributed by atoms with Crippen molar-refractivity contribution in [3.05, 3.63) is 95.0 Å². The Labute approximate surface area is 193 Å². The molecule has 0 bridgehead atoms. The van der Waals surface area contributed by atoms with Gasteiger partial charge in [0.25, 0.3) is 5.69 Å². The smallest absolute Gasteiger partial charge is 0.324 e. The van der Waals surface area contributed by atoms with Crippen LogP contribution in [0.15, 0.2) is 84.9 Å². The highest BCUT2D eigenvalue weighted by Gasteiger charge is 2.10. The second-order valence-electron chi connectivity index (χ2n) is 6.80. The summed E-state index contributed by atoms with van der Waals surface area (Å²) in [5.41, 5.74) is 6.90. The minimum absolute atomic E-state index is 0.0747. The third kappa shape index (κ3) is 6.13. The number of rotatable bonds is 8. The number of hydrazine groups is 1. The zero-order chi connectivity index (χ0) is 23.8. The van der Waals surface area contributed by atoms with Gasteiger partial charge in [-0.05, 0) is 36.4 Å². The Morgan fingerprint density at radius 2 is 1.18 bits per heavy atom. The number of urea groups is 1. The fourth-order valence-corrected chi connectivity index (χ4v) is 2.79. The first kappa shape index (κ1) is 22.0. The third-order valence-corrected chi connectivity index (χ3v) is 4.32. The second-order valence-corrected chi connectivity index (χ2v) is 6.80. The predicted molar refractivity (Wildman–Crippen MR) is 128 cm³/mol. The van der Waals surface area contributed by atoms with E-state index in [1.807, 2.05) is 60.7 Å². The molecule has 0 radical (unpaired) electrons. The molecule has 12 heteroatoms. The van der Waals surface area contributed by atoms with Gasteiger partial charge in [-0.25, -0.2) is 10.2 Å². The molecular formula is C22H19N9O3. The highest BCUT2D eigenvalue weighted by Crippen LogP contribution is 2.18. The first-order chi connectivity index (χ1) is 16.5. The zero-order valence-corrected chi connectivity index (χ0v) is 17.6. The molecule has 0 saturated heterocycles. The summed E-state index contributed by atoms with van der Waals surface area (Å²) < 4.78 is 0. The largest absolute Gasteiger partial charge is 0.337 e. The topological polar surface area (TPSA) is 159 Å². The number of carbonyl (C=O) groups excluding carboxylic acids is 1. The second kappa shape index (κ2) is 10.4. The maximum absolute atomic E-state index is 12.2. The van der Waals surface area contributed by atoms with Gasteiger partial charge in [0, 0.05) is 29.2 Å². The van der Waals surface area contributed by atoms with E-state index in [-0.39, 0.29) is 23.5 Å². The quantitative estimate of drug-likeness (QED) is 0.191. The molecule has 2 amide bonds. The third-order valence-electron chi connectivity index (χ3n) is 4.32. The van der Waals surface area contributed by atoms with Gasteiger partial charge in [-0.3, -0.25) is 15.5 Å². The highest BCUT2D eigenvalue weighted by molar-refractivity contribution is 5.89. The zero-order valence-electron chi connectivity index (χ0n) is 17.6. The van der Waals surface area contributed by atoms with Gasteiger partial charge >= 0.3 is 6.03 Å². The van der Waals surface area contributed by atoms with Crippen LogP contribution in [0.4, 0.5) is 45.4 Å². The van der Waals surface area contributed by atoms with E-state index in [9.17, 15) is 14.9 Å². The molecule has 1 aromatic heterocycles. The van der Waals surface area contributed by atoms with Crippen molar-refractivity contribution in [2.45, 2.75) is 0 Å². The molecule has 4 aromatic rings. The standard InChI is InChI=1S/C22H19N9O3/c32-22(25-17-11-13-18(14-12-17)31(33)34)30-29-21-27-19(23-15-7-3-1-4-8-15)26-20(28-21)24-16-9-5-2-6-10-16/h1-14H,(H2,25,30,32)(H3,23,24,26,27,28,29). The molecule has 1 heterocycles. The Hall–Kier alpha value is -5.26. The summed E-state index contributed by atoms with van der Waals surface area (Å²) in [6, 6.07) is 23.5. The Morgan fingerprint density at radius 3 is 1.68 bits per heavy atom. The molecule has 0 aliphatic rings. The molecular weight excluding hydrogens is 438 g/mol. The van der Waals surface area contributed by atoms with Gasteiger partial charge in [0.1, 0.15) is 0 Å². The Balaban J connectivity index is 1.46. The van der Waals surface area contributed by atoms with E-state index >= 15 is 0 Å². The molecule has 0 unspecified atom stereocenters. The number of carbonyl (C=O) groups is 1. The molecule has 12 nitrogen and oxygen atoms in total. The van der Waals surface area contributed by atoms with Crippen molar-refractivity contribution in [2.24, 2.45) is 0 Å². The summed E-state index contributed by atoms with van der Waals surface area (Å²) in [6.07, 6.45) is 0. The average molecular weight is 457 g/mol. The number of benzene rings is 3. The van der Waals surface area contributed by atoms with E-state index in [1.54, 1.807) is 0 Å². The maximum Gasteiger partial charge on any atom is 0.337 e. The lowest BCUT2D eigenvalue weighted by atomic mass is 10.3. The molecule has 170 valence electrons. The number of non-ortho nitro benzene ring substituents is 1. The summed E-state index contributed by atoms with van der Waals surface area (Å²) in [6.45, 7) is 0. The number of hydrogen-bond acceptors (Lipinski definition) is 9. The SMILES string of the molecule is O=C(NNc1nc(Nc2ccccc2)nc(Nc2ccccc2)n1)Nc1ccc([N+](=O)[O-])cc1. The number of anilines is 6. The first-order valence-corrected chi connectivity index (χ1v) is 10.0. The van der Waals surface area contributed by atoms with Crippen molar-refractivity contribution in [3.8, 4) is 0 Å². The lowest BCUT2D eigenvalue weighted by Gasteiger charge is -2.12. The minimum Gasteiger partial charge on any atom is -0.324 e. The van der Waals surface area contributed by atoms with Gasteiger partial charge in [-0.1, -0.05) is 36.4 Å². The number of hydrogen-bond donors (Lipinski definition) is 5. The van der Waals surface area contributed by atoms with Crippen LogP contribution in [0.25, 0.3) is 0 Å². The van der Waals surface area contributed by atoms with Crippen LogP contribution in [0, 0.1) is 10.1 Å². The van der Waals surface area contributed by atoms with Crippen LogP contribution in [0.3, 0.4) is 0 Å². The fraction of sp³-hybridized carbons (Fsp3) is 0. The van der Waals surface area contributed by atoms with E-state index in [4.69, 9.17) is 0 Å². The van der Waals surface area contributed by atoms with Crippen LogP contribution in [-0.2, 0) is 0 Å². The molecule has 0 saturated carbocycles. The van der Waals surface area contributed by atoms with Gasteiger partial charge in [0.05, 0.1) is 4.92 Å². The van der Waals surface area contributed by atoms with E-state index in [1.165, 1.54) is 24.3 Å². The molecule has 0 fully saturated rings. The summed E-state index contributed by atoms with van der Waals surface area (Å²) in [5, 5.41) is 19.5. The molecule has 0 aliphatic carbocycles. The summed E-state index contributed by atoms with van der Waals surface area (Å²) in [4.78, 5) is 35.4. The molecule has 3 aromatic carbocycles. The van der Waals surface area contributed by atoms with Gasteiger partial charge in [-0.2, -0.15) is 15.0 Å². The summed E-state index contributed by atoms with van der Waals surface area (Å²) in [7, 11) is 0. The first-order valence-electron chi connectivity index (χ1n) is 10.0. The van der Waals surface area contributed by atoms with Crippen molar-refractivity contribution >= 4 is 46.6 Å². The summed E-state index contributed by atoms with van der Waals surface area (Å²) >= 11 is 0. The van der Waals surface area contributed by atoms with E-state index in [0.29, 0.717) is 5.69 Å². The van der Waals surface area contributed by atoms with Crippen LogP contribution in [0.1, 0.15) is 0 Å². The van der Waals surface area contributed by atoms with E-state index in [0.717, 1.165) is 11.4 Å². The monoisotopic (exact) mass is 457 g/mol. The van der Waals surface area contributed by atoms with Crippen LogP contribution in [-0.4, -0.2) is 25.9 Å². The van der Waals surface area contributed by atoms with Crippen molar-refractivity contribution < 1.29 is 9.72 Å². The molecule has 0 aliphatic heterocycles. The van der Waals surface area contributed by atoms with Crippen LogP contribution >= 0.6 is 0 Å². The number of nitro benzene ring substituents is 1. The van der Waals surface area contributed by atoms with Crippen LogP contribution in [0.2, 0.25) is 0 Å². The molecule has 5 N–H and O–H groups in total. The molecule has 0 spiro atoms. The van der Waals surface area contributed by atoms with Gasteiger partial charge in [0.15, 0.2) is 0 Å². The number of nitrogens with zero attached hydrogens (tertiary/aromatic N) is 4. The van der Waals surface area contributed by atoms with Crippen LogP contribution in [0.5, 0.6) is 0 Å². The number of nitro groups is 1. The number of nitrogens with one attached hydrogen (secondary N) is 5. The number of amides is 2. The Morgan fingerprint density at radius 1 is 0.676 bits per heavy atom. The Bertz CT molecular complexity index is 1210. The Kier molecular flexibility index (Phi) is 6.69. The van der Waals surface area contributed by atoms with E-state index in [2.05, 4.69) is 41.8 Å².